The summed E-state index contributed by atoms with van der Waals surface area (Å²) in [6.07, 6.45) is 1.62. The lowest BCUT2D eigenvalue weighted by Gasteiger charge is -2.18. The van der Waals surface area contributed by atoms with E-state index in [2.05, 4.69) is 5.10 Å². The molecule has 1 heterocycles. The van der Waals surface area contributed by atoms with Crippen molar-refractivity contribution >= 4 is 5.69 Å². The third-order valence-corrected chi connectivity index (χ3v) is 2.61. The number of anilines is 1. The Labute approximate surface area is 104 Å². The summed E-state index contributed by atoms with van der Waals surface area (Å²) in [6, 6.07) is 3.23. The van der Waals surface area contributed by atoms with Gasteiger partial charge < -0.3 is 5.73 Å². The molecule has 0 atom stereocenters. The van der Waals surface area contributed by atoms with Crippen LogP contribution in [-0.4, -0.2) is 9.78 Å². The van der Waals surface area contributed by atoms with Gasteiger partial charge in [0.1, 0.15) is 17.3 Å². The summed E-state index contributed by atoms with van der Waals surface area (Å²) in [6.45, 7) is 5.85. The van der Waals surface area contributed by atoms with Crippen LogP contribution < -0.4 is 5.73 Å². The van der Waals surface area contributed by atoms with Crippen LogP contribution in [0.25, 0.3) is 11.3 Å². The molecule has 0 amide bonds. The minimum atomic E-state index is -0.540. The average Bonchev–Trinajstić information content (AvgIpc) is 2.64. The summed E-state index contributed by atoms with van der Waals surface area (Å²) >= 11 is 0. The number of hydrogen-bond acceptors (Lipinski definition) is 2. The molecule has 0 aliphatic rings. The first-order valence-electron chi connectivity index (χ1n) is 5.60. The zero-order chi connectivity index (χ0) is 13.5. The van der Waals surface area contributed by atoms with E-state index < -0.39 is 11.6 Å². The summed E-state index contributed by atoms with van der Waals surface area (Å²) in [7, 11) is 0. The van der Waals surface area contributed by atoms with E-state index in [4.69, 9.17) is 5.73 Å². The van der Waals surface area contributed by atoms with E-state index >= 15 is 0 Å². The highest BCUT2D eigenvalue weighted by Crippen LogP contribution is 2.29. The Morgan fingerprint density at radius 2 is 1.89 bits per heavy atom. The van der Waals surface area contributed by atoms with E-state index in [1.54, 1.807) is 10.9 Å². The molecule has 2 N–H and O–H groups in total. The van der Waals surface area contributed by atoms with Crippen molar-refractivity contribution in [3.63, 3.8) is 0 Å². The van der Waals surface area contributed by atoms with Crippen LogP contribution in [-0.2, 0) is 5.54 Å². The first-order valence-corrected chi connectivity index (χ1v) is 5.60. The largest absolute Gasteiger partial charge is 0.396 e. The zero-order valence-electron chi connectivity index (χ0n) is 10.5. The summed E-state index contributed by atoms with van der Waals surface area (Å²) < 4.78 is 28.5. The fourth-order valence-electron chi connectivity index (χ4n) is 1.62. The Morgan fingerprint density at radius 1 is 1.22 bits per heavy atom. The standard InChI is InChI=1S/C13H15F2N3/c1-13(2,3)18-7-11(16)12(17-18)9-6-8(14)4-5-10(9)15/h4-7H,16H2,1-3H3. The Kier molecular flexibility index (Phi) is 2.84. The molecule has 0 aliphatic carbocycles. The third-order valence-electron chi connectivity index (χ3n) is 2.61. The highest BCUT2D eigenvalue weighted by Gasteiger charge is 2.19. The Hall–Kier alpha value is -1.91. The maximum absolute atomic E-state index is 13.7. The van der Waals surface area contributed by atoms with Crippen LogP contribution in [0, 0.1) is 11.6 Å². The van der Waals surface area contributed by atoms with Crippen LogP contribution in [0.4, 0.5) is 14.5 Å². The second-order valence-corrected chi connectivity index (χ2v) is 5.17. The number of hydrogen-bond donors (Lipinski definition) is 1. The Morgan fingerprint density at radius 3 is 2.44 bits per heavy atom. The van der Waals surface area contributed by atoms with Gasteiger partial charge in [0.15, 0.2) is 0 Å². The topological polar surface area (TPSA) is 43.8 Å². The molecule has 0 saturated carbocycles. The number of halogens is 2. The smallest absolute Gasteiger partial charge is 0.132 e. The van der Waals surface area contributed by atoms with Crippen molar-refractivity contribution in [2.45, 2.75) is 26.3 Å². The first-order chi connectivity index (χ1) is 8.29. The van der Waals surface area contributed by atoms with Crippen LogP contribution in [0.5, 0.6) is 0 Å². The lowest BCUT2D eigenvalue weighted by Crippen LogP contribution is -2.22. The molecule has 5 heteroatoms. The molecular formula is C13H15F2N3. The van der Waals surface area contributed by atoms with Crippen molar-refractivity contribution in [2.75, 3.05) is 5.73 Å². The SMILES string of the molecule is CC(C)(C)n1cc(N)c(-c2cc(F)ccc2F)n1. The second-order valence-electron chi connectivity index (χ2n) is 5.17. The highest BCUT2D eigenvalue weighted by molar-refractivity contribution is 5.72. The van der Waals surface area contributed by atoms with Gasteiger partial charge in [0.25, 0.3) is 0 Å². The number of rotatable bonds is 1. The molecule has 0 bridgehead atoms. The number of nitrogens with zero attached hydrogens (tertiary/aromatic N) is 2. The van der Waals surface area contributed by atoms with Gasteiger partial charge in [-0.2, -0.15) is 5.10 Å². The van der Waals surface area contributed by atoms with Gasteiger partial charge in [-0.1, -0.05) is 0 Å². The van der Waals surface area contributed by atoms with Crippen molar-refractivity contribution in [3.8, 4) is 11.3 Å². The summed E-state index contributed by atoms with van der Waals surface area (Å²) in [4.78, 5) is 0. The van der Waals surface area contributed by atoms with Gasteiger partial charge in [0.2, 0.25) is 0 Å². The fourth-order valence-corrected chi connectivity index (χ4v) is 1.62. The van der Waals surface area contributed by atoms with Gasteiger partial charge in [0.05, 0.1) is 11.2 Å². The zero-order valence-corrected chi connectivity index (χ0v) is 10.5. The molecule has 0 radical (unpaired) electrons. The molecule has 1 aromatic heterocycles. The van der Waals surface area contributed by atoms with Crippen LogP contribution in [0.15, 0.2) is 24.4 Å². The molecule has 0 aliphatic heterocycles. The van der Waals surface area contributed by atoms with Gasteiger partial charge in [-0.25, -0.2) is 8.78 Å². The lowest BCUT2D eigenvalue weighted by molar-refractivity contribution is 0.356. The predicted octanol–water partition coefficient (Wildman–Crippen LogP) is 3.17. The van der Waals surface area contributed by atoms with Crippen LogP contribution in [0.2, 0.25) is 0 Å². The predicted molar refractivity (Wildman–Crippen MR) is 67.0 cm³/mol. The summed E-state index contributed by atoms with van der Waals surface area (Å²) in [5, 5.41) is 4.24. The van der Waals surface area contributed by atoms with E-state index in [0.717, 1.165) is 18.2 Å². The molecular weight excluding hydrogens is 236 g/mol. The highest BCUT2D eigenvalue weighted by atomic mass is 19.1. The average molecular weight is 251 g/mol. The molecule has 2 aromatic rings. The van der Waals surface area contributed by atoms with Gasteiger partial charge in [-0.3, -0.25) is 4.68 Å². The lowest BCUT2D eigenvalue weighted by atomic mass is 10.1. The van der Waals surface area contributed by atoms with Crippen molar-refractivity contribution in [1.82, 2.24) is 9.78 Å². The molecule has 2 rings (SSSR count). The molecule has 3 nitrogen and oxygen atoms in total. The van der Waals surface area contributed by atoms with Crippen molar-refractivity contribution in [3.05, 3.63) is 36.0 Å². The minimum Gasteiger partial charge on any atom is -0.396 e. The molecule has 0 fully saturated rings. The maximum atomic E-state index is 13.7. The van der Waals surface area contributed by atoms with E-state index in [1.165, 1.54) is 0 Å². The van der Waals surface area contributed by atoms with Crippen molar-refractivity contribution in [1.29, 1.82) is 0 Å². The molecule has 0 spiro atoms. The van der Waals surface area contributed by atoms with Gasteiger partial charge in [0, 0.05) is 11.8 Å². The minimum absolute atomic E-state index is 0.0792. The molecule has 18 heavy (non-hydrogen) atoms. The van der Waals surface area contributed by atoms with Crippen molar-refractivity contribution < 1.29 is 8.78 Å². The number of nitrogen functional groups attached to an aromatic ring is 1. The first kappa shape index (κ1) is 12.5. The molecule has 1 aromatic carbocycles. The molecule has 0 unspecified atom stereocenters. The molecule has 0 saturated heterocycles. The van der Waals surface area contributed by atoms with Crippen molar-refractivity contribution in [2.24, 2.45) is 0 Å². The third kappa shape index (κ3) is 2.20. The Balaban J connectivity index is 2.58. The van der Waals surface area contributed by atoms with E-state index in [9.17, 15) is 8.78 Å². The fraction of sp³-hybridized carbons (Fsp3) is 0.308. The number of aromatic nitrogens is 2. The van der Waals surface area contributed by atoms with Gasteiger partial charge in [-0.05, 0) is 39.0 Å². The maximum Gasteiger partial charge on any atom is 0.132 e. The normalized spacial score (nSPS) is 11.8. The number of benzene rings is 1. The quantitative estimate of drug-likeness (QED) is 0.846. The van der Waals surface area contributed by atoms with Gasteiger partial charge in [-0.15, -0.1) is 0 Å². The molecule has 96 valence electrons. The number of nitrogens with two attached hydrogens (primary N) is 1. The van der Waals surface area contributed by atoms with E-state index in [-0.39, 0.29) is 16.8 Å². The Bertz CT molecular complexity index is 582. The second kappa shape index (κ2) is 4.08. The monoisotopic (exact) mass is 251 g/mol. The van der Waals surface area contributed by atoms with Crippen LogP contribution in [0.1, 0.15) is 20.8 Å². The van der Waals surface area contributed by atoms with E-state index in [1.807, 2.05) is 20.8 Å². The van der Waals surface area contributed by atoms with E-state index in [0.29, 0.717) is 5.69 Å². The van der Waals surface area contributed by atoms with Gasteiger partial charge >= 0.3 is 0 Å². The summed E-state index contributed by atoms with van der Waals surface area (Å²) in [5.74, 6) is -1.06. The van der Waals surface area contributed by atoms with Crippen LogP contribution >= 0.6 is 0 Å². The summed E-state index contributed by atoms with van der Waals surface area (Å²) in [5.41, 5.74) is 6.22. The van der Waals surface area contributed by atoms with Crippen LogP contribution in [0.3, 0.4) is 0 Å².